The van der Waals surface area contributed by atoms with Crippen LogP contribution in [0.3, 0.4) is 0 Å². The van der Waals surface area contributed by atoms with E-state index in [2.05, 4.69) is 11.2 Å². The summed E-state index contributed by atoms with van der Waals surface area (Å²) in [5.41, 5.74) is 0. The molecule has 0 saturated carbocycles. The van der Waals surface area contributed by atoms with Gasteiger partial charge in [-0.05, 0) is 17.7 Å². The van der Waals surface area contributed by atoms with Crippen molar-refractivity contribution in [3.8, 4) is 0 Å². The van der Waals surface area contributed by atoms with Crippen LogP contribution in [0.15, 0.2) is 17.5 Å². The Morgan fingerprint density at radius 2 is 2.56 bits per heavy atom. The van der Waals surface area contributed by atoms with E-state index < -0.39 is 0 Å². The van der Waals surface area contributed by atoms with Gasteiger partial charge in [-0.15, -0.1) is 11.3 Å². The zero-order valence-corrected chi connectivity index (χ0v) is 12.3. The molecule has 0 aromatic carbocycles. The summed E-state index contributed by atoms with van der Waals surface area (Å²) < 4.78 is 5.51. The number of thioether (sulfide) groups is 1. The summed E-state index contributed by atoms with van der Waals surface area (Å²) in [5, 5.41) is 1.95. The molecular weight excluding hydrogens is 266 g/mol. The lowest BCUT2D eigenvalue weighted by molar-refractivity contribution is -0.00539. The Kier molecular flexibility index (Phi) is 5.69. The number of ether oxygens (including phenoxy) is 1. The second-order valence-electron chi connectivity index (χ2n) is 4.36. The number of ketones is 1. The molecule has 0 spiro atoms. The van der Waals surface area contributed by atoms with Crippen LogP contribution in [0.1, 0.15) is 16.1 Å². The summed E-state index contributed by atoms with van der Waals surface area (Å²) in [6, 6.07) is 4.09. The molecule has 1 saturated heterocycles. The Balaban J connectivity index is 1.90. The highest BCUT2D eigenvalue weighted by atomic mass is 32.2. The third kappa shape index (κ3) is 3.82. The molecule has 0 N–H and O–H groups in total. The molecule has 0 unspecified atom stereocenters. The first-order chi connectivity index (χ1) is 8.81. The lowest BCUT2D eigenvalue weighted by Crippen LogP contribution is -2.47. The van der Waals surface area contributed by atoms with Crippen molar-refractivity contribution in [3.63, 3.8) is 0 Å². The number of thiophene rings is 1. The van der Waals surface area contributed by atoms with Crippen molar-refractivity contribution in [3.05, 3.63) is 22.4 Å². The maximum Gasteiger partial charge on any atom is 0.174 e. The highest BCUT2D eigenvalue weighted by molar-refractivity contribution is 7.98. The average Bonchev–Trinajstić information content (AvgIpc) is 2.91. The third-order valence-corrected chi connectivity index (χ3v) is 4.65. The number of hydrogen-bond acceptors (Lipinski definition) is 5. The SMILES string of the molecule is CSCCN1CCOC[C@H]1CC(=O)c1cccs1. The van der Waals surface area contributed by atoms with E-state index in [0.29, 0.717) is 13.0 Å². The predicted molar refractivity (Wildman–Crippen MR) is 77.8 cm³/mol. The van der Waals surface area contributed by atoms with Gasteiger partial charge in [0.05, 0.1) is 18.1 Å². The monoisotopic (exact) mass is 285 g/mol. The minimum atomic E-state index is 0.245. The molecule has 1 fully saturated rings. The minimum Gasteiger partial charge on any atom is -0.378 e. The summed E-state index contributed by atoms with van der Waals surface area (Å²) in [6.45, 7) is 3.47. The molecule has 0 bridgehead atoms. The van der Waals surface area contributed by atoms with Gasteiger partial charge < -0.3 is 4.74 Å². The van der Waals surface area contributed by atoms with Gasteiger partial charge in [-0.3, -0.25) is 9.69 Å². The zero-order valence-electron chi connectivity index (χ0n) is 10.6. The van der Waals surface area contributed by atoms with Crippen molar-refractivity contribution >= 4 is 28.9 Å². The van der Waals surface area contributed by atoms with Gasteiger partial charge in [0.25, 0.3) is 0 Å². The lowest BCUT2D eigenvalue weighted by Gasteiger charge is -2.35. The molecule has 1 aromatic heterocycles. The first kappa shape index (κ1) is 14.1. The Hall–Kier alpha value is -0.360. The standard InChI is InChI=1S/C13H19NO2S2/c1-17-8-5-14-4-6-16-10-11(14)9-12(15)13-3-2-7-18-13/h2-3,7,11H,4-6,8-10H2,1H3/t11-/m1/s1. The molecule has 2 rings (SSSR count). The lowest BCUT2D eigenvalue weighted by atomic mass is 10.1. The van der Waals surface area contributed by atoms with Crippen LogP contribution in [0.2, 0.25) is 0 Å². The summed E-state index contributed by atoms with van der Waals surface area (Å²) in [7, 11) is 0. The number of Topliss-reactive ketones (excluding diaryl/α,β-unsaturated/α-hetero) is 1. The van der Waals surface area contributed by atoms with Crippen LogP contribution in [0.5, 0.6) is 0 Å². The summed E-state index contributed by atoms with van der Waals surface area (Å²) in [5.74, 6) is 1.36. The maximum atomic E-state index is 12.1. The molecule has 0 amide bonds. The molecule has 1 aliphatic rings. The molecule has 0 radical (unpaired) electrons. The number of rotatable bonds is 6. The first-order valence-electron chi connectivity index (χ1n) is 6.18. The topological polar surface area (TPSA) is 29.5 Å². The van der Waals surface area contributed by atoms with E-state index in [1.165, 1.54) is 11.3 Å². The van der Waals surface area contributed by atoms with E-state index in [1.54, 1.807) is 0 Å². The van der Waals surface area contributed by atoms with Gasteiger partial charge in [-0.25, -0.2) is 0 Å². The van der Waals surface area contributed by atoms with Gasteiger partial charge in [0, 0.05) is 31.3 Å². The maximum absolute atomic E-state index is 12.1. The van der Waals surface area contributed by atoms with Gasteiger partial charge >= 0.3 is 0 Å². The molecule has 2 heterocycles. The van der Waals surface area contributed by atoms with Gasteiger partial charge in [-0.2, -0.15) is 11.8 Å². The van der Waals surface area contributed by atoms with E-state index in [4.69, 9.17) is 4.74 Å². The fourth-order valence-corrected chi connectivity index (χ4v) is 3.22. The predicted octanol–water partition coefficient (Wildman–Crippen LogP) is 2.38. The first-order valence-corrected chi connectivity index (χ1v) is 8.46. The molecule has 1 aromatic rings. The molecule has 3 nitrogen and oxygen atoms in total. The van der Waals surface area contributed by atoms with Crippen molar-refractivity contribution in [1.82, 2.24) is 4.90 Å². The van der Waals surface area contributed by atoms with Crippen LogP contribution >= 0.6 is 23.1 Å². The van der Waals surface area contributed by atoms with E-state index in [9.17, 15) is 4.79 Å². The van der Waals surface area contributed by atoms with Crippen LogP contribution in [-0.2, 0) is 4.74 Å². The summed E-state index contributed by atoms with van der Waals surface area (Å²) >= 11 is 3.37. The number of morpholine rings is 1. The van der Waals surface area contributed by atoms with Crippen LogP contribution in [-0.4, -0.2) is 55.0 Å². The van der Waals surface area contributed by atoms with Crippen molar-refractivity contribution in [2.24, 2.45) is 0 Å². The quantitative estimate of drug-likeness (QED) is 0.751. The molecule has 100 valence electrons. The highest BCUT2D eigenvalue weighted by Gasteiger charge is 2.25. The van der Waals surface area contributed by atoms with Gasteiger partial charge in [0.1, 0.15) is 0 Å². The van der Waals surface area contributed by atoms with Crippen molar-refractivity contribution < 1.29 is 9.53 Å². The zero-order chi connectivity index (χ0) is 12.8. The molecule has 1 aliphatic heterocycles. The third-order valence-electron chi connectivity index (χ3n) is 3.15. The smallest absolute Gasteiger partial charge is 0.174 e. The number of hydrogen-bond donors (Lipinski definition) is 0. The van der Waals surface area contributed by atoms with E-state index in [1.807, 2.05) is 29.3 Å². The average molecular weight is 285 g/mol. The van der Waals surface area contributed by atoms with Crippen molar-refractivity contribution in [1.29, 1.82) is 0 Å². The van der Waals surface area contributed by atoms with Gasteiger partial charge in [0.15, 0.2) is 5.78 Å². The number of nitrogens with zero attached hydrogens (tertiary/aromatic N) is 1. The molecular formula is C13H19NO2S2. The fraction of sp³-hybridized carbons (Fsp3) is 0.615. The molecule has 0 aliphatic carbocycles. The Labute approximate surface area is 117 Å². The van der Waals surface area contributed by atoms with E-state index in [0.717, 1.165) is 30.3 Å². The summed E-state index contributed by atoms with van der Waals surface area (Å²) in [4.78, 5) is 15.4. The van der Waals surface area contributed by atoms with Crippen molar-refractivity contribution in [2.75, 3.05) is 38.3 Å². The highest BCUT2D eigenvalue weighted by Crippen LogP contribution is 2.17. The van der Waals surface area contributed by atoms with Gasteiger partial charge in [-0.1, -0.05) is 6.07 Å². The van der Waals surface area contributed by atoms with Gasteiger partial charge in [0.2, 0.25) is 0 Å². The Morgan fingerprint density at radius 3 is 3.28 bits per heavy atom. The van der Waals surface area contributed by atoms with Crippen LogP contribution in [0, 0.1) is 0 Å². The Morgan fingerprint density at radius 1 is 1.67 bits per heavy atom. The van der Waals surface area contributed by atoms with E-state index in [-0.39, 0.29) is 11.8 Å². The fourth-order valence-electron chi connectivity index (χ4n) is 2.13. The van der Waals surface area contributed by atoms with E-state index >= 15 is 0 Å². The molecule has 18 heavy (non-hydrogen) atoms. The van der Waals surface area contributed by atoms with Crippen LogP contribution in [0.4, 0.5) is 0 Å². The number of carbonyl (C=O) groups excluding carboxylic acids is 1. The minimum absolute atomic E-state index is 0.245. The second kappa shape index (κ2) is 7.28. The molecule has 5 heteroatoms. The largest absolute Gasteiger partial charge is 0.378 e. The Bertz CT molecular complexity index is 367. The second-order valence-corrected chi connectivity index (χ2v) is 6.30. The van der Waals surface area contributed by atoms with Crippen molar-refractivity contribution in [2.45, 2.75) is 12.5 Å². The molecule has 1 atom stereocenters. The van der Waals surface area contributed by atoms with Crippen LogP contribution in [0.25, 0.3) is 0 Å². The normalized spacial score (nSPS) is 21.1. The number of carbonyl (C=O) groups is 1. The summed E-state index contributed by atoms with van der Waals surface area (Å²) in [6.07, 6.45) is 2.70. The van der Waals surface area contributed by atoms with Crippen LogP contribution < -0.4 is 0 Å².